The first-order chi connectivity index (χ1) is 8.99. The number of hydrogen-bond donors (Lipinski definition) is 3. The lowest BCUT2D eigenvalue weighted by Crippen LogP contribution is -2.28. The molecule has 0 aromatic carbocycles. The number of carbonyl (C=O) groups is 3. The third-order valence-corrected chi connectivity index (χ3v) is 2.92. The second-order valence-corrected chi connectivity index (χ2v) is 4.41. The van der Waals surface area contributed by atoms with Crippen LogP contribution >= 0.6 is 11.3 Å². The number of rotatable bonds is 6. The number of carbonyl (C=O) groups excluding carboxylic acids is 2. The highest BCUT2D eigenvalue weighted by atomic mass is 32.1. The van der Waals surface area contributed by atoms with E-state index >= 15 is 0 Å². The minimum Gasteiger partial charge on any atom is -0.478 e. The molecule has 0 bridgehead atoms. The van der Waals surface area contributed by atoms with Gasteiger partial charge in [0.15, 0.2) is 0 Å². The van der Waals surface area contributed by atoms with Gasteiger partial charge in [-0.3, -0.25) is 4.79 Å². The van der Waals surface area contributed by atoms with Crippen molar-refractivity contribution in [2.75, 3.05) is 13.2 Å². The third kappa shape index (κ3) is 5.68. The average molecular weight is 284 g/mol. The van der Waals surface area contributed by atoms with Crippen LogP contribution in [0.3, 0.4) is 0 Å². The van der Waals surface area contributed by atoms with Gasteiger partial charge in [-0.25, -0.2) is 9.59 Å². The van der Waals surface area contributed by atoms with E-state index in [1.807, 2.05) is 0 Å². The van der Waals surface area contributed by atoms with Crippen molar-refractivity contribution in [3.05, 3.63) is 28.0 Å². The van der Waals surface area contributed by atoms with Crippen LogP contribution < -0.4 is 11.1 Å². The summed E-state index contributed by atoms with van der Waals surface area (Å²) in [4.78, 5) is 33.3. The largest absolute Gasteiger partial charge is 0.478 e. The van der Waals surface area contributed by atoms with Gasteiger partial charge in [0.25, 0.3) is 5.91 Å². The molecule has 0 unspecified atom stereocenters. The summed E-state index contributed by atoms with van der Waals surface area (Å²) in [7, 11) is 0. The maximum Gasteiger partial charge on any atom is 0.404 e. The van der Waals surface area contributed by atoms with Crippen molar-refractivity contribution in [1.29, 1.82) is 0 Å². The molecule has 102 valence electrons. The van der Waals surface area contributed by atoms with Crippen LogP contribution in [0, 0.1) is 0 Å². The lowest BCUT2D eigenvalue weighted by atomic mass is 10.4. The number of primary amides is 1. The predicted octanol–water partition coefficient (Wildman–Crippen LogP) is 0.671. The van der Waals surface area contributed by atoms with E-state index in [1.165, 1.54) is 6.08 Å². The van der Waals surface area contributed by atoms with E-state index in [4.69, 9.17) is 10.8 Å². The second-order valence-electron chi connectivity index (χ2n) is 3.30. The van der Waals surface area contributed by atoms with E-state index in [-0.39, 0.29) is 19.1 Å². The van der Waals surface area contributed by atoms with Crippen LogP contribution in [-0.4, -0.2) is 36.2 Å². The first kappa shape index (κ1) is 14.7. The molecule has 0 fully saturated rings. The molecule has 0 aliphatic rings. The Kier molecular flexibility index (Phi) is 5.55. The molecule has 0 spiro atoms. The number of carboxylic acid groups (broad SMARTS) is 1. The summed E-state index contributed by atoms with van der Waals surface area (Å²) in [6, 6.07) is 3.22. The van der Waals surface area contributed by atoms with Gasteiger partial charge in [0.1, 0.15) is 6.61 Å². The molecule has 0 saturated carbocycles. The predicted molar refractivity (Wildman–Crippen MR) is 68.9 cm³/mol. The van der Waals surface area contributed by atoms with Gasteiger partial charge in [-0.2, -0.15) is 0 Å². The molecule has 7 nitrogen and oxygen atoms in total. The normalized spacial score (nSPS) is 10.3. The summed E-state index contributed by atoms with van der Waals surface area (Å²) in [5.41, 5.74) is 4.75. The van der Waals surface area contributed by atoms with Gasteiger partial charge in [-0.1, -0.05) is 0 Å². The molecule has 1 aromatic heterocycles. The molecule has 2 amide bonds. The summed E-state index contributed by atoms with van der Waals surface area (Å²) in [5.74, 6) is -1.38. The number of amides is 2. The zero-order valence-corrected chi connectivity index (χ0v) is 10.6. The molecule has 0 atom stereocenters. The number of ether oxygens (including phenoxy) is 1. The number of nitrogens with two attached hydrogens (primary N) is 1. The molecule has 1 aromatic rings. The quantitative estimate of drug-likeness (QED) is 0.524. The lowest BCUT2D eigenvalue weighted by Gasteiger charge is -2.03. The molecule has 19 heavy (non-hydrogen) atoms. The zero-order valence-electron chi connectivity index (χ0n) is 9.79. The number of carboxylic acids is 1. The molecule has 4 N–H and O–H groups in total. The van der Waals surface area contributed by atoms with Crippen molar-refractivity contribution in [1.82, 2.24) is 5.32 Å². The highest BCUT2D eigenvalue weighted by molar-refractivity contribution is 7.14. The topological polar surface area (TPSA) is 119 Å². The molecular weight excluding hydrogens is 272 g/mol. The van der Waals surface area contributed by atoms with Gasteiger partial charge in [-0.15, -0.1) is 11.3 Å². The van der Waals surface area contributed by atoms with E-state index in [9.17, 15) is 14.4 Å². The maximum absolute atomic E-state index is 11.6. The van der Waals surface area contributed by atoms with Crippen LogP contribution in [0.25, 0.3) is 6.08 Å². The SMILES string of the molecule is NC(=O)OCCNC(=O)c1ccc(/C=C/C(=O)O)s1. The van der Waals surface area contributed by atoms with E-state index in [1.54, 1.807) is 12.1 Å². The highest BCUT2D eigenvalue weighted by Gasteiger charge is 2.07. The minimum absolute atomic E-state index is 0.00176. The summed E-state index contributed by atoms with van der Waals surface area (Å²) in [5, 5.41) is 11.0. The van der Waals surface area contributed by atoms with Gasteiger partial charge in [-0.05, 0) is 18.2 Å². The summed E-state index contributed by atoms with van der Waals surface area (Å²) in [6.45, 7) is 0.151. The molecule has 1 heterocycles. The number of thiophene rings is 1. The van der Waals surface area contributed by atoms with E-state index in [2.05, 4.69) is 10.1 Å². The fourth-order valence-electron chi connectivity index (χ4n) is 1.12. The molecule has 0 aliphatic carbocycles. The fraction of sp³-hybridized carbons (Fsp3) is 0.182. The first-order valence-corrected chi connectivity index (χ1v) is 6.02. The zero-order chi connectivity index (χ0) is 14.3. The summed E-state index contributed by atoms with van der Waals surface area (Å²) in [6.07, 6.45) is 1.50. The highest BCUT2D eigenvalue weighted by Crippen LogP contribution is 2.17. The fourth-order valence-corrected chi connectivity index (χ4v) is 1.95. The molecule has 0 saturated heterocycles. The minimum atomic E-state index is -1.05. The van der Waals surface area contributed by atoms with E-state index in [0.717, 1.165) is 17.4 Å². The van der Waals surface area contributed by atoms with Crippen LogP contribution in [0.4, 0.5) is 4.79 Å². The molecule has 0 aliphatic heterocycles. The maximum atomic E-state index is 11.6. The van der Waals surface area contributed by atoms with Crippen LogP contribution in [-0.2, 0) is 9.53 Å². The van der Waals surface area contributed by atoms with E-state index in [0.29, 0.717) is 9.75 Å². The van der Waals surface area contributed by atoms with Crippen molar-refractivity contribution < 1.29 is 24.2 Å². The first-order valence-electron chi connectivity index (χ1n) is 5.20. The van der Waals surface area contributed by atoms with Gasteiger partial charge in [0, 0.05) is 11.0 Å². The Balaban J connectivity index is 2.45. The summed E-state index contributed by atoms with van der Waals surface area (Å²) < 4.78 is 4.45. The Morgan fingerprint density at radius 2 is 2.16 bits per heavy atom. The van der Waals surface area contributed by atoms with Crippen molar-refractivity contribution in [3.63, 3.8) is 0 Å². The monoisotopic (exact) mass is 284 g/mol. The molecular formula is C11H12N2O5S. The summed E-state index contributed by atoms with van der Waals surface area (Å²) >= 11 is 1.15. The van der Waals surface area contributed by atoms with Crippen LogP contribution in [0.2, 0.25) is 0 Å². The van der Waals surface area contributed by atoms with Gasteiger partial charge in [0.2, 0.25) is 0 Å². The Labute approximate surface area is 112 Å². The Morgan fingerprint density at radius 1 is 1.42 bits per heavy atom. The molecule has 8 heteroatoms. The smallest absolute Gasteiger partial charge is 0.404 e. The van der Waals surface area contributed by atoms with Crippen molar-refractivity contribution in [2.24, 2.45) is 5.73 Å². The molecule has 0 radical (unpaired) electrons. The van der Waals surface area contributed by atoms with Crippen molar-refractivity contribution in [2.45, 2.75) is 0 Å². The van der Waals surface area contributed by atoms with Crippen molar-refractivity contribution in [3.8, 4) is 0 Å². The Morgan fingerprint density at radius 3 is 2.79 bits per heavy atom. The van der Waals surface area contributed by atoms with Crippen LogP contribution in [0.15, 0.2) is 18.2 Å². The lowest BCUT2D eigenvalue weighted by molar-refractivity contribution is -0.131. The number of aliphatic carboxylic acids is 1. The van der Waals surface area contributed by atoms with Gasteiger partial charge < -0.3 is 20.9 Å². The van der Waals surface area contributed by atoms with Crippen molar-refractivity contribution >= 4 is 35.4 Å². The second kappa shape index (κ2) is 7.17. The van der Waals surface area contributed by atoms with Crippen LogP contribution in [0.5, 0.6) is 0 Å². The van der Waals surface area contributed by atoms with Gasteiger partial charge >= 0.3 is 12.1 Å². The number of nitrogens with one attached hydrogen (secondary N) is 1. The molecule has 1 rings (SSSR count). The standard InChI is InChI=1S/C11H12N2O5S/c12-11(17)18-6-5-13-10(16)8-3-1-7(19-8)2-4-9(14)15/h1-4H,5-6H2,(H2,12,17)(H,13,16)(H,14,15)/b4-2+. The Bertz CT molecular complexity index is 509. The van der Waals surface area contributed by atoms with Gasteiger partial charge in [0.05, 0.1) is 11.4 Å². The van der Waals surface area contributed by atoms with E-state index < -0.39 is 12.1 Å². The van der Waals surface area contributed by atoms with Crippen LogP contribution in [0.1, 0.15) is 14.5 Å². The Hall–Kier alpha value is -2.35. The average Bonchev–Trinajstić information content (AvgIpc) is 2.80. The third-order valence-electron chi connectivity index (χ3n) is 1.87. The number of hydrogen-bond acceptors (Lipinski definition) is 5.